The first-order chi connectivity index (χ1) is 11.6. The third-order valence-electron chi connectivity index (χ3n) is 3.40. The highest BCUT2D eigenvalue weighted by Gasteiger charge is 2.14. The number of thiophene rings is 1. The summed E-state index contributed by atoms with van der Waals surface area (Å²) in [5.41, 5.74) is 1.65. The standard InChI is InChI=1S/C17H13ClN4OS/c1-2-15-6-11(8-19)17(24-15)21-16(23)12-9-20-22(10-12)14-5-3-4-13(18)7-14/h3-7,9-10H,2H2,1H3,(H,21,23). The molecule has 0 bridgehead atoms. The molecule has 0 radical (unpaired) electrons. The molecule has 0 aliphatic carbocycles. The summed E-state index contributed by atoms with van der Waals surface area (Å²) in [6, 6.07) is 11.1. The highest BCUT2D eigenvalue weighted by Crippen LogP contribution is 2.28. The summed E-state index contributed by atoms with van der Waals surface area (Å²) in [5, 5.41) is 17.3. The minimum absolute atomic E-state index is 0.302. The van der Waals surface area contributed by atoms with Crippen LogP contribution in [0.1, 0.15) is 27.7 Å². The maximum absolute atomic E-state index is 12.4. The summed E-state index contributed by atoms with van der Waals surface area (Å²) < 4.78 is 1.58. The number of amides is 1. The van der Waals surface area contributed by atoms with E-state index in [0.29, 0.717) is 21.2 Å². The Labute approximate surface area is 148 Å². The van der Waals surface area contributed by atoms with Gasteiger partial charge in [-0.2, -0.15) is 10.4 Å². The molecular weight excluding hydrogens is 344 g/mol. The van der Waals surface area contributed by atoms with Crippen molar-refractivity contribution >= 4 is 33.8 Å². The van der Waals surface area contributed by atoms with Gasteiger partial charge in [-0.25, -0.2) is 4.68 Å². The summed E-state index contributed by atoms with van der Waals surface area (Å²) in [4.78, 5) is 13.5. The average Bonchev–Trinajstić information content (AvgIpc) is 3.21. The van der Waals surface area contributed by atoms with E-state index in [-0.39, 0.29) is 5.91 Å². The van der Waals surface area contributed by atoms with Crippen LogP contribution >= 0.6 is 22.9 Å². The Hall–Kier alpha value is -2.62. The zero-order valence-electron chi connectivity index (χ0n) is 12.8. The van der Waals surface area contributed by atoms with Gasteiger partial charge in [0.1, 0.15) is 11.1 Å². The van der Waals surface area contributed by atoms with Gasteiger partial charge < -0.3 is 5.32 Å². The van der Waals surface area contributed by atoms with Gasteiger partial charge in [0.05, 0.1) is 23.0 Å². The predicted molar refractivity (Wildman–Crippen MR) is 94.9 cm³/mol. The fourth-order valence-electron chi connectivity index (χ4n) is 2.17. The van der Waals surface area contributed by atoms with Crippen molar-refractivity contribution < 1.29 is 4.79 Å². The first-order valence-corrected chi connectivity index (χ1v) is 8.45. The molecule has 3 aromatic rings. The Balaban J connectivity index is 1.82. The van der Waals surface area contributed by atoms with E-state index in [1.54, 1.807) is 29.1 Å². The van der Waals surface area contributed by atoms with Crippen LogP contribution in [-0.2, 0) is 6.42 Å². The van der Waals surface area contributed by atoms with Crippen molar-refractivity contribution in [3.8, 4) is 11.8 Å². The van der Waals surface area contributed by atoms with Crippen LogP contribution in [0.5, 0.6) is 0 Å². The van der Waals surface area contributed by atoms with Crippen molar-refractivity contribution in [3.05, 3.63) is 63.8 Å². The lowest BCUT2D eigenvalue weighted by Gasteiger charge is -2.02. The Morgan fingerprint density at radius 1 is 1.46 bits per heavy atom. The molecule has 1 amide bonds. The van der Waals surface area contributed by atoms with Gasteiger partial charge in [0.25, 0.3) is 5.91 Å². The monoisotopic (exact) mass is 356 g/mol. The summed E-state index contributed by atoms with van der Waals surface area (Å²) in [6.07, 6.45) is 3.93. The second-order valence-electron chi connectivity index (χ2n) is 5.03. The van der Waals surface area contributed by atoms with E-state index < -0.39 is 0 Å². The van der Waals surface area contributed by atoms with E-state index in [4.69, 9.17) is 16.9 Å². The number of hydrogen-bond donors (Lipinski definition) is 1. The number of nitrogens with one attached hydrogen (secondary N) is 1. The van der Waals surface area contributed by atoms with E-state index in [0.717, 1.165) is 17.0 Å². The molecule has 0 spiro atoms. The molecule has 1 aromatic carbocycles. The molecule has 120 valence electrons. The van der Waals surface area contributed by atoms with Gasteiger partial charge in [0.15, 0.2) is 0 Å². The van der Waals surface area contributed by atoms with Gasteiger partial charge in [-0.3, -0.25) is 4.79 Å². The number of carbonyl (C=O) groups is 1. The zero-order chi connectivity index (χ0) is 17.1. The lowest BCUT2D eigenvalue weighted by Crippen LogP contribution is -2.10. The maximum atomic E-state index is 12.4. The largest absolute Gasteiger partial charge is 0.312 e. The number of anilines is 1. The van der Waals surface area contributed by atoms with Crippen molar-refractivity contribution in [2.75, 3.05) is 5.32 Å². The Kier molecular flexibility index (Phi) is 4.65. The summed E-state index contributed by atoms with van der Waals surface area (Å²) in [7, 11) is 0. The Bertz CT molecular complexity index is 938. The Morgan fingerprint density at radius 3 is 3.00 bits per heavy atom. The van der Waals surface area contributed by atoms with Crippen LogP contribution < -0.4 is 5.32 Å². The molecule has 7 heteroatoms. The molecule has 0 aliphatic heterocycles. The Morgan fingerprint density at radius 2 is 2.29 bits per heavy atom. The molecule has 3 rings (SSSR count). The number of nitrogens with zero attached hydrogens (tertiary/aromatic N) is 3. The lowest BCUT2D eigenvalue weighted by atomic mass is 10.2. The van der Waals surface area contributed by atoms with Crippen LogP contribution in [0.3, 0.4) is 0 Å². The quantitative estimate of drug-likeness (QED) is 0.758. The van der Waals surface area contributed by atoms with Crippen LogP contribution in [0.2, 0.25) is 5.02 Å². The van der Waals surface area contributed by atoms with Gasteiger partial charge in [0.2, 0.25) is 0 Å². The van der Waals surface area contributed by atoms with Gasteiger partial charge in [0, 0.05) is 16.1 Å². The van der Waals surface area contributed by atoms with Crippen LogP contribution in [-0.4, -0.2) is 15.7 Å². The van der Waals surface area contributed by atoms with Crippen LogP contribution in [0.4, 0.5) is 5.00 Å². The number of aromatic nitrogens is 2. The molecule has 0 unspecified atom stereocenters. The lowest BCUT2D eigenvalue weighted by molar-refractivity contribution is 0.102. The minimum Gasteiger partial charge on any atom is -0.312 e. The van der Waals surface area contributed by atoms with Crippen molar-refractivity contribution in [1.82, 2.24) is 9.78 Å². The molecule has 2 heterocycles. The second-order valence-corrected chi connectivity index (χ2v) is 6.60. The smallest absolute Gasteiger partial charge is 0.259 e. The number of carbonyl (C=O) groups excluding carboxylic acids is 1. The van der Waals surface area contributed by atoms with Gasteiger partial charge in [-0.15, -0.1) is 11.3 Å². The maximum Gasteiger partial charge on any atom is 0.259 e. The number of benzene rings is 1. The highest BCUT2D eigenvalue weighted by molar-refractivity contribution is 7.16. The number of nitriles is 1. The predicted octanol–water partition coefficient (Wildman–Crippen LogP) is 4.27. The van der Waals surface area contributed by atoms with Crippen LogP contribution in [0.25, 0.3) is 5.69 Å². The number of aryl methyl sites for hydroxylation is 1. The van der Waals surface area contributed by atoms with E-state index in [9.17, 15) is 4.79 Å². The van der Waals surface area contributed by atoms with Crippen molar-refractivity contribution in [2.24, 2.45) is 0 Å². The van der Waals surface area contributed by atoms with Gasteiger partial charge >= 0.3 is 0 Å². The molecule has 0 aliphatic rings. The fourth-order valence-corrected chi connectivity index (χ4v) is 3.29. The molecule has 0 atom stereocenters. The van der Waals surface area contributed by atoms with E-state index in [2.05, 4.69) is 16.5 Å². The summed E-state index contributed by atoms with van der Waals surface area (Å²) >= 11 is 7.38. The first-order valence-electron chi connectivity index (χ1n) is 7.25. The molecule has 0 saturated heterocycles. The van der Waals surface area contributed by atoms with Gasteiger partial charge in [-0.1, -0.05) is 24.6 Å². The number of hydrogen-bond acceptors (Lipinski definition) is 4. The molecular formula is C17H13ClN4OS. The minimum atomic E-state index is -0.302. The fraction of sp³-hybridized carbons (Fsp3) is 0.118. The normalized spacial score (nSPS) is 10.4. The SMILES string of the molecule is CCc1cc(C#N)c(NC(=O)c2cnn(-c3cccc(Cl)c3)c2)s1. The van der Waals surface area contributed by atoms with Crippen molar-refractivity contribution in [2.45, 2.75) is 13.3 Å². The molecule has 24 heavy (non-hydrogen) atoms. The van der Waals surface area contributed by atoms with E-state index in [1.165, 1.54) is 17.5 Å². The van der Waals surface area contributed by atoms with E-state index in [1.807, 2.05) is 19.1 Å². The number of halogens is 1. The molecule has 5 nitrogen and oxygen atoms in total. The van der Waals surface area contributed by atoms with Crippen LogP contribution in [0, 0.1) is 11.3 Å². The second kappa shape index (κ2) is 6.87. The molecule has 0 fully saturated rings. The molecule has 2 aromatic heterocycles. The zero-order valence-corrected chi connectivity index (χ0v) is 14.4. The van der Waals surface area contributed by atoms with Gasteiger partial charge in [-0.05, 0) is 30.7 Å². The first kappa shape index (κ1) is 16.2. The van der Waals surface area contributed by atoms with Crippen LogP contribution in [0.15, 0.2) is 42.7 Å². The summed E-state index contributed by atoms with van der Waals surface area (Å²) in [6.45, 7) is 2.01. The summed E-state index contributed by atoms with van der Waals surface area (Å²) in [5.74, 6) is -0.302. The molecule has 0 saturated carbocycles. The third kappa shape index (κ3) is 3.32. The number of rotatable bonds is 4. The van der Waals surface area contributed by atoms with E-state index >= 15 is 0 Å². The third-order valence-corrected chi connectivity index (χ3v) is 4.83. The van der Waals surface area contributed by atoms with Crippen molar-refractivity contribution in [1.29, 1.82) is 5.26 Å². The highest BCUT2D eigenvalue weighted by atomic mass is 35.5. The average molecular weight is 357 g/mol. The molecule has 1 N–H and O–H groups in total. The topological polar surface area (TPSA) is 70.7 Å². The van der Waals surface area contributed by atoms with Crippen molar-refractivity contribution in [3.63, 3.8) is 0 Å².